The molecule has 2 aromatic carbocycles. The second-order valence-electron chi connectivity index (χ2n) is 4.95. The fraction of sp³-hybridized carbons (Fsp3) is 0.176. The van der Waals surface area contributed by atoms with Crippen LogP contribution >= 0.6 is 23.2 Å². The molecule has 0 spiro atoms. The first kappa shape index (κ1) is 17.3. The van der Waals surface area contributed by atoms with Crippen LogP contribution in [0.1, 0.15) is 22.3 Å². The average molecular weight is 351 g/mol. The Bertz CT molecular complexity index is 732. The molecular formula is C17H16Cl2N2O2. The molecule has 23 heavy (non-hydrogen) atoms. The lowest BCUT2D eigenvalue weighted by Gasteiger charge is -2.10. The Morgan fingerprint density at radius 2 is 1.70 bits per heavy atom. The summed E-state index contributed by atoms with van der Waals surface area (Å²) in [5.74, 6) is -0.503. The van der Waals surface area contributed by atoms with Crippen LogP contribution in [0.25, 0.3) is 0 Å². The summed E-state index contributed by atoms with van der Waals surface area (Å²) in [6, 6.07) is 12.1. The molecule has 0 aromatic heterocycles. The maximum Gasteiger partial charge on any atom is 0.252 e. The van der Waals surface area contributed by atoms with E-state index >= 15 is 0 Å². The third kappa shape index (κ3) is 4.71. The molecule has 0 heterocycles. The zero-order valence-corrected chi connectivity index (χ0v) is 14.0. The SMILES string of the molecule is Cc1c(Cl)cccc1NC(=O)CCNC(=O)c1ccccc1Cl. The number of carbonyl (C=O) groups is 2. The van der Waals surface area contributed by atoms with E-state index in [0.29, 0.717) is 21.3 Å². The summed E-state index contributed by atoms with van der Waals surface area (Å²) in [6.07, 6.45) is 0.155. The van der Waals surface area contributed by atoms with Crippen LogP contribution in [0.3, 0.4) is 0 Å². The van der Waals surface area contributed by atoms with Crippen LogP contribution in [-0.4, -0.2) is 18.4 Å². The lowest BCUT2D eigenvalue weighted by Crippen LogP contribution is -2.28. The van der Waals surface area contributed by atoms with Crippen LogP contribution in [-0.2, 0) is 4.79 Å². The predicted octanol–water partition coefficient (Wildman–Crippen LogP) is 4.06. The first-order valence-electron chi connectivity index (χ1n) is 7.06. The number of carbonyl (C=O) groups excluding carboxylic acids is 2. The van der Waals surface area contributed by atoms with Gasteiger partial charge in [0, 0.05) is 23.7 Å². The van der Waals surface area contributed by atoms with E-state index in [4.69, 9.17) is 23.2 Å². The number of benzene rings is 2. The van der Waals surface area contributed by atoms with Gasteiger partial charge in [-0.3, -0.25) is 9.59 Å². The highest BCUT2D eigenvalue weighted by Gasteiger charge is 2.10. The predicted molar refractivity (Wildman–Crippen MR) is 93.2 cm³/mol. The van der Waals surface area contributed by atoms with E-state index in [-0.39, 0.29) is 24.8 Å². The standard InChI is InChI=1S/C17H16Cl2N2O2/c1-11-13(18)7-4-8-15(11)21-16(22)9-10-20-17(23)12-5-2-3-6-14(12)19/h2-8H,9-10H2,1H3,(H,20,23)(H,21,22). The Hall–Kier alpha value is -2.04. The molecule has 0 bridgehead atoms. The Morgan fingerprint density at radius 1 is 1.00 bits per heavy atom. The third-order valence-electron chi connectivity index (χ3n) is 3.30. The van der Waals surface area contributed by atoms with Crippen molar-refractivity contribution in [2.24, 2.45) is 0 Å². The average Bonchev–Trinajstić information content (AvgIpc) is 2.52. The van der Waals surface area contributed by atoms with Gasteiger partial charge in [-0.15, -0.1) is 0 Å². The molecule has 0 saturated heterocycles. The first-order valence-corrected chi connectivity index (χ1v) is 7.82. The molecule has 0 aliphatic rings. The normalized spacial score (nSPS) is 10.2. The lowest BCUT2D eigenvalue weighted by atomic mass is 10.2. The summed E-state index contributed by atoms with van der Waals surface area (Å²) in [4.78, 5) is 23.9. The van der Waals surface area contributed by atoms with E-state index in [1.165, 1.54) is 0 Å². The zero-order valence-electron chi connectivity index (χ0n) is 12.5. The molecule has 6 heteroatoms. The van der Waals surface area contributed by atoms with E-state index in [1.54, 1.807) is 42.5 Å². The van der Waals surface area contributed by atoms with Crippen molar-refractivity contribution >= 4 is 40.7 Å². The number of amides is 2. The topological polar surface area (TPSA) is 58.2 Å². The summed E-state index contributed by atoms with van der Waals surface area (Å²) in [5, 5.41) is 6.42. The second-order valence-corrected chi connectivity index (χ2v) is 5.76. The van der Waals surface area contributed by atoms with Gasteiger partial charge in [-0.1, -0.05) is 41.4 Å². The van der Waals surface area contributed by atoms with Crippen LogP contribution in [0, 0.1) is 6.92 Å². The summed E-state index contributed by atoms with van der Waals surface area (Å²) >= 11 is 12.0. The molecular weight excluding hydrogens is 335 g/mol. The van der Waals surface area contributed by atoms with Crippen LogP contribution in [0.15, 0.2) is 42.5 Å². The Morgan fingerprint density at radius 3 is 2.43 bits per heavy atom. The van der Waals surface area contributed by atoms with Crippen molar-refractivity contribution in [1.29, 1.82) is 0 Å². The molecule has 4 nitrogen and oxygen atoms in total. The van der Waals surface area contributed by atoms with Gasteiger partial charge >= 0.3 is 0 Å². The number of anilines is 1. The molecule has 0 aliphatic carbocycles. The third-order valence-corrected chi connectivity index (χ3v) is 4.04. The van der Waals surface area contributed by atoms with Crippen LogP contribution < -0.4 is 10.6 Å². The first-order chi connectivity index (χ1) is 11.0. The monoisotopic (exact) mass is 350 g/mol. The van der Waals surface area contributed by atoms with Crippen LogP contribution in [0.2, 0.25) is 10.0 Å². The van der Waals surface area contributed by atoms with Crippen LogP contribution in [0.5, 0.6) is 0 Å². The van der Waals surface area contributed by atoms with Gasteiger partial charge in [-0.2, -0.15) is 0 Å². The Balaban J connectivity index is 1.84. The lowest BCUT2D eigenvalue weighted by molar-refractivity contribution is -0.116. The highest BCUT2D eigenvalue weighted by atomic mass is 35.5. The maximum atomic E-state index is 12.0. The van der Waals surface area contributed by atoms with E-state index < -0.39 is 0 Å². The Kier molecular flexibility index (Phi) is 6.02. The minimum atomic E-state index is -0.303. The fourth-order valence-electron chi connectivity index (χ4n) is 1.99. The Labute approximate surface area is 144 Å². The van der Waals surface area contributed by atoms with E-state index in [1.807, 2.05) is 6.92 Å². The second kappa shape index (κ2) is 7.99. The molecule has 0 aliphatic heterocycles. The number of hydrogen-bond acceptors (Lipinski definition) is 2. The summed E-state index contributed by atoms with van der Waals surface area (Å²) in [6.45, 7) is 2.05. The van der Waals surface area contributed by atoms with Gasteiger partial charge in [0.1, 0.15) is 0 Å². The molecule has 0 saturated carbocycles. The molecule has 2 rings (SSSR count). The van der Waals surface area contributed by atoms with Crippen molar-refractivity contribution in [1.82, 2.24) is 5.32 Å². The van der Waals surface area contributed by atoms with Gasteiger partial charge in [0.05, 0.1) is 10.6 Å². The molecule has 120 valence electrons. The minimum Gasteiger partial charge on any atom is -0.351 e. The van der Waals surface area contributed by atoms with E-state index in [2.05, 4.69) is 10.6 Å². The number of rotatable bonds is 5. The van der Waals surface area contributed by atoms with Crippen molar-refractivity contribution in [2.75, 3.05) is 11.9 Å². The van der Waals surface area contributed by atoms with Crippen molar-refractivity contribution in [3.63, 3.8) is 0 Å². The molecule has 2 aromatic rings. The number of hydrogen-bond donors (Lipinski definition) is 2. The highest BCUT2D eigenvalue weighted by Crippen LogP contribution is 2.22. The smallest absolute Gasteiger partial charge is 0.252 e. The molecule has 2 amide bonds. The largest absolute Gasteiger partial charge is 0.351 e. The quantitative estimate of drug-likeness (QED) is 0.854. The van der Waals surface area contributed by atoms with Crippen LogP contribution in [0.4, 0.5) is 5.69 Å². The van der Waals surface area contributed by atoms with Crippen molar-refractivity contribution in [3.05, 3.63) is 63.6 Å². The molecule has 0 radical (unpaired) electrons. The fourth-order valence-corrected chi connectivity index (χ4v) is 2.38. The van der Waals surface area contributed by atoms with Gasteiger partial charge in [0.25, 0.3) is 5.91 Å². The van der Waals surface area contributed by atoms with Crippen molar-refractivity contribution < 1.29 is 9.59 Å². The minimum absolute atomic E-state index is 0.155. The van der Waals surface area contributed by atoms with Crippen molar-refractivity contribution in [3.8, 4) is 0 Å². The van der Waals surface area contributed by atoms with Gasteiger partial charge in [0.2, 0.25) is 5.91 Å². The van der Waals surface area contributed by atoms with E-state index in [9.17, 15) is 9.59 Å². The zero-order chi connectivity index (χ0) is 16.8. The van der Waals surface area contributed by atoms with Gasteiger partial charge in [-0.25, -0.2) is 0 Å². The van der Waals surface area contributed by atoms with E-state index in [0.717, 1.165) is 5.56 Å². The summed E-state index contributed by atoms with van der Waals surface area (Å²) < 4.78 is 0. The molecule has 2 N–H and O–H groups in total. The summed E-state index contributed by atoms with van der Waals surface area (Å²) in [5.41, 5.74) is 1.86. The maximum absolute atomic E-state index is 12.0. The van der Waals surface area contributed by atoms with Gasteiger partial charge in [0.15, 0.2) is 0 Å². The molecule has 0 unspecified atom stereocenters. The number of nitrogens with one attached hydrogen (secondary N) is 2. The molecule has 0 fully saturated rings. The highest BCUT2D eigenvalue weighted by molar-refractivity contribution is 6.33. The summed E-state index contributed by atoms with van der Waals surface area (Å²) in [7, 11) is 0. The van der Waals surface area contributed by atoms with Crippen molar-refractivity contribution in [2.45, 2.75) is 13.3 Å². The number of halogens is 2. The van der Waals surface area contributed by atoms with Gasteiger partial charge < -0.3 is 10.6 Å². The molecule has 0 atom stereocenters. The van der Waals surface area contributed by atoms with Gasteiger partial charge in [-0.05, 0) is 36.8 Å².